The van der Waals surface area contributed by atoms with Crippen molar-refractivity contribution in [3.63, 3.8) is 0 Å². The molecule has 1 heterocycles. The van der Waals surface area contributed by atoms with Crippen molar-refractivity contribution in [3.05, 3.63) is 59.8 Å². The van der Waals surface area contributed by atoms with Crippen molar-refractivity contribution in [1.29, 1.82) is 0 Å². The summed E-state index contributed by atoms with van der Waals surface area (Å²) in [5.41, 5.74) is 0.166. The van der Waals surface area contributed by atoms with E-state index in [1.165, 1.54) is 30.7 Å². The highest BCUT2D eigenvalue weighted by Crippen LogP contribution is 2.13. The molecule has 6 nitrogen and oxygen atoms in total. The fraction of sp³-hybridized carbons (Fsp3) is 0. The first-order valence-corrected chi connectivity index (χ1v) is 5.84. The van der Waals surface area contributed by atoms with E-state index in [1.807, 2.05) is 0 Å². The molecule has 0 fully saturated rings. The zero-order chi connectivity index (χ0) is 15.2. The Labute approximate surface area is 119 Å². The molecule has 2 rings (SSSR count). The van der Waals surface area contributed by atoms with E-state index in [4.69, 9.17) is 5.11 Å². The number of aliphatic carboxylic acids is 1. The van der Waals surface area contributed by atoms with Crippen LogP contribution in [0, 0.1) is 5.82 Å². The van der Waals surface area contributed by atoms with Crippen LogP contribution in [0.5, 0.6) is 0 Å². The van der Waals surface area contributed by atoms with Gasteiger partial charge in [0.2, 0.25) is 0 Å². The molecule has 0 saturated carbocycles. The number of carbonyl (C=O) groups is 2. The molecule has 21 heavy (non-hydrogen) atoms. The number of aromatic nitrogens is 2. The molecular weight excluding hydrogens is 277 g/mol. The Bertz CT molecular complexity index is 702. The standard InChI is InChI=1S/C14H10FN3O3/c15-11-7-10(2-1-9(11)3-4-13(19)20)14(21)18-12-8-16-5-6-17-12/h1-8H,(H,19,20)(H,17,18,21). The van der Waals surface area contributed by atoms with Crippen molar-refractivity contribution in [2.75, 3.05) is 5.32 Å². The average molecular weight is 287 g/mol. The van der Waals surface area contributed by atoms with Gasteiger partial charge in [0.1, 0.15) is 5.82 Å². The molecule has 7 heteroatoms. The van der Waals surface area contributed by atoms with Gasteiger partial charge in [-0.25, -0.2) is 14.2 Å². The van der Waals surface area contributed by atoms with Crippen molar-refractivity contribution in [3.8, 4) is 0 Å². The van der Waals surface area contributed by atoms with E-state index in [2.05, 4.69) is 15.3 Å². The van der Waals surface area contributed by atoms with Gasteiger partial charge in [0.25, 0.3) is 5.91 Å². The van der Waals surface area contributed by atoms with Crippen LogP contribution in [0.3, 0.4) is 0 Å². The minimum absolute atomic E-state index is 0.0773. The van der Waals surface area contributed by atoms with E-state index >= 15 is 0 Å². The van der Waals surface area contributed by atoms with Gasteiger partial charge in [-0.1, -0.05) is 6.07 Å². The first-order valence-electron chi connectivity index (χ1n) is 5.84. The van der Waals surface area contributed by atoms with Crippen LogP contribution in [0.25, 0.3) is 6.08 Å². The zero-order valence-electron chi connectivity index (χ0n) is 10.7. The Morgan fingerprint density at radius 2 is 2.10 bits per heavy atom. The molecule has 2 N–H and O–H groups in total. The van der Waals surface area contributed by atoms with Crippen molar-refractivity contribution in [2.45, 2.75) is 0 Å². The summed E-state index contributed by atoms with van der Waals surface area (Å²) in [6.45, 7) is 0. The molecule has 2 aromatic rings. The van der Waals surface area contributed by atoms with Crippen LogP contribution in [-0.4, -0.2) is 27.0 Å². The summed E-state index contributed by atoms with van der Waals surface area (Å²) in [6, 6.07) is 3.73. The number of nitrogens with one attached hydrogen (secondary N) is 1. The highest BCUT2D eigenvalue weighted by molar-refractivity contribution is 6.03. The highest BCUT2D eigenvalue weighted by Gasteiger charge is 2.09. The topological polar surface area (TPSA) is 92.2 Å². The van der Waals surface area contributed by atoms with Crippen LogP contribution in [-0.2, 0) is 4.79 Å². The molecule has 0 spiro atoms. The summed E-state index contributed by atoms with van der Waals surface area (Å²) >= 11 is 0. The third kappa shape index (κ3) is 3.93. The van der Waals surface area contributed by atoms with Crippen LogP contribution in [0.4, 0.5) is 10.2 Å². The van der Waals surface area contributed by atoms with Crippen molar-refractivity contribution >= 4 is 23.8 Å². The maximum absolute atomic E-state index is 13.7. The summed E-state index contributed by atoms with van der Waals surface area (Å²) in [5, 5.41) is 11.0. The fourth-order valence-electron chi connectivity index (χ4n) is 1.52. The molecule has 0 unspecified atom stereocenters. The quantitative estimate of drug-likeness (QED) is 0.839. The highest BCUT2D eigenvalue weighted by atomic mass is 19.1. The molecule has 1 aromatic heterocycles. The first-order chi connectivity index (χ1) is 10.1. The van der Waals surface area contributed by atoms with Gasteiger partial charge in [0.15, 0.2) is 5.82 Å². The Morgan fingerprint density at radius 3 is 2.71 bits per heavy atom. The molecule has 1 amide bonds. The third-order valence-corrected chi connectivity index (χ3v) is 2.47. The fourth-order valence-corrected chi connectivity index (χ4v) is 1.52. The van der Waals surface area contributed by atoms with Gasteiger partial charge in [-0.3, -0.25) is 9.78 Å². The average Bonchev–Trinajstić information content (AvgIpc) is 2.46. The monoisotopic (exact) mass is 287 g/mol. The van der Waals surface area contributed by atoms with Gasteiger partial charge in [0.05, 0.1) is 6.20 Å². The molecular formula is C14H10FN3O3. The number of halogens is 1. The summed E-state index contributed by atoms with van der Waals surface area (Å²) < 4.78 is 13.7. The number of benzene rings is 1. The lowest BCUT2D eigenvalue weighted by molar-refractivity contribution is -0.131. The second-order valence-electron chi connectivity index (χ2n) is 3.95. The van der Waals surface area contributed by atoms with Crippen LogP contribution in [0.2, 0.25) is 0 Å². The van der Waals surface area contributed by atoms with Crippen molar-refractivity contribution in [2.24, 2.45) is 0 Å². The number of carboxylic acid groups (broad SMARTS) is 1. The molecule has 1 aromatic carbocycles. The second-order valence-corrected chi connectivity index (χ2v) is 3.95. The Kier molecular flexibility index (Phi) is 4.35. The Hall–Kier alpha value is -3.09. The number of hydrogen-bond donors (Lipinski definition) is 2. The van der Waals surface area contributed by atoms with Gasteiger partial charge < -0.3 is 10.4 Å². The third-order valence-electron chi connectivity index (χ3n) is 2.47. The summed E-state index contributed by atoms with van der Waals surface area (Å²) in [7, 11) is 0. The van der Waals surface area contributed by atoms with Gasteiger partial charge in [-0.05, 0) is 18.2 Å². The van der Waals surface area contributed by atoms with Gasteiger partial charge in [-0.2, -0.15) is 0 Å². The number of rotatable bonds is 4. The number of carbonyl (C=O) groups excluding carboxylic acids is 1. The zero-order valence-corrected chi connectivity index (χ0v) is 10.7. The Morgan fingerprint density at radius 1 is 1.29 bits per heavy atom. The molecule has 0 atom stereocenters. The van der Waals surface area contributed by atoms with Crippen LogP contribution in [0.15, 0.2) is 42.9 Å². The summed E-state index contributed by atoms with van der Waals surface area (Å²) in [6.07, 6.45) is 6.16. The van der Waals surface area contributed by atoms with Crippen LogP contribution in [0.1, 0.15) is 15.9 Å². The lowest BCUT2D eigenvalue weighted by atomic mass is 10.1. The van der Waals surface area contributed by atoms with Gasteiger partial charge in [-0.15, -0.1) is 0 Å². The maximum atomic E-state index is 13.7. The lowest BCUT2D eigenvalue weighted by Crippen LogP contribution is -2.13. The largest absolute Gasteiger partial charge is 0.478 e. The predicted octanol–water partition coefficient (Wildman–Crippen LogP) is 1.97. The second kappa shape index (κ2) is 6.38. The smallest absolute Gasteiger partial charge is 0.328 e. The predicted molar refractivity (Wildman–Crippen MR) is 73.1 cm³/mol. The van der Waals surface area contributed by atoms with Gasteiger partial charge >= 0.3 is 5.97 Å². The minimum atomic E-state index is -1.18. The molecule has 0 aliphatic heterocycles. The number of amides is 1. The number of carboxylic acids is 1. The van der Waals surface area contributed by atoms with Crippen molar-refractivity contribution in [1.82, 2.24) is 9.97 Å². The van der Waals surface area contributed by atoms with E-state index in [1.54, 1.807) is 0 Å². The molecule has 0 bridgehead atoms. The number of anilines is 1. The maximum Gasteiger partial charge on any atom is 0.328 e. The van der Waals surface area contributed by atoms with E-state index in [0.717, 1.165) is 18.2 Å². The summed E-state index contributed by atoms with van der Waals surface area (Å²) in [4.78, 5) is 29.9. The molecule has 106 valence electrons. The Balaban J connectivity index is 2.16. The van der Waals surface area contributed by atoms with E-state index in [-0.39, 0.29) is 16.9 Å². The lowest BCUT2D eigenvalue weighted by Gasteiger charge is -2.05. The van der Waals surface area contributed by atoms with E-state index in [0.29, 0.717) is 0 Å². The van der Waals surface area contributed by atoms with Crippen molar-refractivity contribution < 1.29 is 19.1 Å². The first kappa shape index (κ1) is 14.3. The minimum Gasteiger partial charge on any atom is -0.478 e. The SMILES string of the molecule is O=C(O)C=Cc1ccc(C(=O)Nc2cnccn2)cc1F. The molecule has 0 saturated heterocycles. The van der Waals surface area contributed by atoms with E-state index < -0.39 is 17.7 Å². The van der Waals surface area contributed by atoms with Gasteiger partial charge in [0, 0.05) is 29.6 Å². The van der Waals surface area contributed by atoms with E-state index in [9.17, 15) is 14.0 Å². The summed E-state index contributed by atoms with van der Waals surface area (Å²) in [5.74, 6) is -2.17. The van der Waals surface area contributed by atoms with Crippen LogP contribution >= 0.6 is 0 Å². The molecule has 0 aliphatic rings. The molecule has 0 aliphatic carbocycles. The molecule has 0 radical (unpaired) electrons. The normalized spacial score (nSPS) is 10.5. The number of hydrogen-bond acceptors (Lipinski definition) is 4. The number of nitrogens with zero attached hydrogens (tertiary/aromatic N) is 2. The van der Waals surface area contributed by atoms with Crippen LogP contribution < -0.4 is 5.32 Å².